The first-order chi connectivity index (χ1) is 10.4. The van der Waals surface area contributed by atoms with Crippen molar-refractivity contribution in [1.29, 1.82) is 5.26 Å². The van der Waals surface area contributed by atoms with Gasteiger partial charge in [0.2, 0.25) is 5.89 Å². The molecule has 0 saturated heterocycles. The molecule has 0 atom stereocenters. The summed E-state index contributed by atoms with van der Waals surface area (Å²) in [6, 6.07) is 17.5. The first-order valence-electron chi connectivity index (χ1n) is 6.82. The largest absolute Gasteiger partial charge is 0.493 e. The van der Waals surface area contributed by atoms with Gasteiger partial charge in [-0.15, -0.1) is 0 Å². The number of hydrogen-bond donors (Lipinski definition) is 0. The summed E-state index contributed by atoms with van der Waals surface area (Å²) in [7, 11) is 0. The Bertz CT molecular complexity index is 772. The van der Waals surface area contributed by atoms with Gasteiger partial charge in [-0.2, -0.15) is 5.26 Å². The minimum absolute atomic E-state index is 0.503. The number of ether oxygens (including phenoxy) is 1. The van der Waals surface area contributed by atoms with Gasteiger partial charge in [0.25, 0.3) is 0 Å². The van der Waals surface area contributed by atoms with Crippen molar-refractivity contribution in [2.45, 2.75) is 12.8 Å². The van der Waals surface area contributed by atoms with Crippen molar-refractivity contribution in [1.82, 2.24) is 4.98 Å². The highest BCUT2D eigenvalue weighted by molar-refractivity contribution is 5.77. The highest BCUT2D eigenvalue weighted by Gasteiger charge is 2.08. The maximum absolute atomic E-state index is 8.49. The van der Waals surface area contributed by atoms with E-state index in [0.717, 1.165) is 23.3 Å². The lowest BCUT2D eigenvalue weighted by Crippen LogP contribution is -1.96. The first kappa shape index (κ1) is 13.2. The number of hydrogen-bond acceptors (Lipinski definition) is 4. The molecule has 1 heterocycles. The van der Waals surface area contributed by atoms with Crippen LogP contribution in [0.3, 0.4) is 0 Å². The zero-order valence-corrected chi connectivity index (χ0v) is 11.5. The van der Waals surface area contributed by atoms with Gasteiger partial charge < -0.3 is 9.15 Å². The number of oxazole rings is 1. The average Bonchev–Trinajstić information content (AvgIpc) is 2.96. The summed E-state index contributed by atoms with van der Waals surface area (Å²) in [4.78, 5) is 4.47. The third kappa shape index (κ3) is 3.03. The second-order valence-electron chi connectivity index (χ2n) is 4.62. The van der Waals surface area contributed by atoms with E-state index >= 15 is 0 Å². The molecule has 1 aromatic heterocycles. The van der Waals surface area contributed by atoms with E-state index in [-0.39, 0.29) is 0 Å². The van der Waals surface area contributed by atoms with Crippen LogP contribution in [0.15, 0.2) is 52.9 Å². The minimum atomic E-state index is 0.503. The van der Waals surface area contributed by atoms with Crippen LogP contribution >= 0.6 is 0 Å². The van der Waals surface area contributed by atoms with Gasteiger partial charge in [-0.05, 0) is 30.7 Å². The molecule has 0 N–H and O–H groups in total. The first-order valence-corrected chi connectivity index (χ1v) is 6.82. The third-order valence-electron chi connectivity index (χ3n) is 3.08. The van der Waals surface area contributed by atoms with E-state index < -0.39 is 0 Å². The van der Waals surface area contributed by atoms with E-state index in [1.54, 1.807) is 0 Å². The fraction of sp³-hybridized carbons (Fsp3) is 0.176. The van der Waals surface area contributed by atoms with E-state index in [9.17, 15) is 0 Å². The fourth-order valence-corrected chi connectivity index (χ4v) is 2.04. The maximum Gasteiger partial charge on any atom is 0.227 e. The molecule has 0 saturated carbocycles. The standard InChI is InChI=1S/C17H14N2O2/c18-10-4-5-11-20-14-8-9-15-16(12-14)21-17(19-15)13-6-2-1-3-7-13/h1-3,6-9,12H,4-5,11H2. The van der Waals surface area contributed by atoms with E-state index in [1.807, 2.05) is 48.5 Å². The molecule has 0 spiro atoms. The van der Waals surface area contributed by atoms with Crippen LogP contribution in [0.25, 0.3) is 22.6 Å². The summed E-state index contributed by atoms with van der Waals surface area (Å²) in [6.45, 7) is 0.527. The number of fused-ring (bicyclic) bond motifs is 1. The van der Waals surface area contributed by atoms with Gasteiger partial charge >= 0.3 is 0 Å². The SMILES string of the molecule is N#CCCCOc1ccc2nc(-c3ccccc3)oc2c1. The molecule has 0 fully saturated rings. The van der Waals surface area contributed by atoms with Gasteiger partial charge in [0.05, 0.1) is 12.7 Å². The van der Waals surface area contributed by atoms with Gasteiger partial charge in [0.15, 0.2) is 5.58 Å². The van der Waals surface area contributed by atoms with Crippen molar-refractivity contribution in [2.24, 2.45) is 0 Å². The molecule has 0 radical (unpaired) electrons. The fourth-order valence-electron chi connectivity index (χ4n) is 2.04. The van der Waals surface area contributed by atoms with Crippen LogP contribution in [0, 0.1) is 11.3 Å². The van der Waals surface area contributed by atoms with Crippen LogP contribution in [0.4, 0.5) is 0 Å². The second-order valence-corrected chi connectivity index (χ2v) is 4.62. The lowest BCUT2D eigenvalue weighted by Gasteiger charge is -2.03. The number of unbranched alkanes of at least 4 members (excludes halogenated alkanes) is 1. The highest BCUT2D eigenvalue weighted by Crippen LogP contribution is 2.26. The van der Waals surface area contributed by atoms with Crippen LogP contribution < -0.4 is 4.74 Å². The Hall–Kier alpha value is -2.80. The smallest absolute Gasteiger partial charge is 0.227 e. The van der Waals surface area contributed by atoms with E-state index in [0.29, 0.717) is 24.5 Å². The number of benzene rings is 2. The Labute approximate surface area is 122 Å². The molecule has 0 unspecified atom stereocenters. The topological polar surface area (TPSA) is 59.0 Å². The predicted octanol–water partition coefficient (Wildman–Crippen LogP) is 4.18. The van der Waals surface area contributed by atoms with Crippen molar-refractivity contribution >= 4 is 11.1 Å². The van der Waals surface area contributed by atoms with E-state index in [4.69, 9.17) is 14.4 Å². The van der Waals surface area contributed by atoms with Gasteiger partial charge in [0, 0.05) is 18.1 Å². The summed E-state index contributed by atoms with van der Waals surface area (Å²) in [5.41, 5.74) is 2.45. The lowest BCUT2D eigenvalue weighted by atomic mass is 10.2. The molecule has 0 aliphatic rings. The van der Waals surface area contributed by atoms with Gasteiger partial charge in [-0.1, -0.05) is 18.2 Å². The molecule has 3 aromatic rings. The minimum Gasteiger partial charge on any atom is -0.493 e. The van der Waals surface area contributed by atoms with Gasteiger partial charge in [-0.3, -0.25) is 0 Å². The normalized spacial score (nSPS) is 10.4. The van der Waals surface area contributed by atoms with Crippen molar-refractivity contribution in [3.8, 4) is 23.3 Å². The van der Waals surface area contributed by atoms with Crippen LogP contribution in [0.5, 0.6) is 5.75 Å². The Morgan fingerprint density at radius 1 is 1.14 bits per heavy atom. The molecule has 21 heavy (non-hydrogen) atoms. The number of aromatic nitrogens is 1. The molecule has 3 rings (SSSR count). The average molecular weight is 278 g/mol. The molecule has 0 amide bonds. The van der Waals surface area contributed by atoms with Crippen LogP contribution in [0.2, 0.25) is 0 Å². The molecule has 0 aliphatic heterocycles. The van der Waals surface area contributed by atoms with Crippen LogP contribution in [0.1, 0.15) is 12.8 Å². The molecular formula is C17H14N2O2. The monoisotopic (exact) mass is 278 g/mol. The summed E-state index contributed by atoms with van der Waals surface area (Å²) in [6.07, 6.45) is 1.23. The second kappa shape index (κ2) is 6.10. The van der Waals surface area contributed by atoms with Crippen molar-refractivity contribution in [3.63, 3.8) is 0 Å². The Morgan fingerprint density at radius 2 is 2.00 bits per heavy atom. The summed E-state index contributed by atoms with van der Waals surface area (Å²) in [5.74, 6) is 1.34. The summed E-state index contributed by atoms with van der Waals surface area (Å²) in [5, 5.41) is 8.49. The molecule has 0 aliphatic carbocycles. The van der Waals surface area contributed by atoms with Crippen molar-refractivity contribution < 1.29 is 9.15 Å². The van der Waals surface area contributed by atoms with Gasteiger partial charge in [-0.25, -0.2) is 4.98 Å². The van der Waals surface area contributed by atoms with E-state index in [1.165, 1.54) is 0 Å². The zero-order chi connectivity index (χ0) is 14.5. The van der Waals surface area contributed by atoms with Crippen molar-refractivity contribution in [2.75, 3.05) is 6.61 Å². The molecule has 0 bridgehead atoms. The molecule has 4 heteroatoms. The van der Waals surface area contributed by atoms with E-state index in [2.05, 4.69) is 11.1 Å². The third-order valence-corrected chi connectivity index (χ3v) is 3.08. The van der Waals surface area contributed by atoms with Gasteiger partial charge in [0.1, 0.15) is 11.3 Å². The molecule has 2 aromatic carbocycles. The van der Waals surface area contributed by atoms with Crippen LogP contribution in [-0.4, -0.2) is 11.6 Å². The number of rotatable bonds is 5. The maximum atomic E-state index is 8.49. The summed E-state index contributed by atoms with van der Waals surface area (Å²) < 4.78 is 11.4. The quantitative estimate of drug-likeness (QED) is 0.657. The Kier molecular flexibility index (Phi) is 3.83. The Morgan fingerprint density at radius 3 is 2.81 bits per heavy atom. The number of nitrogens with zero attached hydrogens (tertiary/aromatic N) is 2. The zero-order valence-electron chi connectivity index (χ0n) is 11.5. The molecule has 104 valence electrons. The molecular weight excluding hydrogens is 264 g/mol. The Balaban J connectivity index is 1.81. The lowest BCUT2D eigenvalue weighted by molar-refractivity contribution is 0.313. The van der Waals surface area contributed by atoms with Crippen molar-refractivity contribution in [3.05, 3.63) is 48.5 Å². The highest BCUT2D eigenvalue weighted by atomic mass is 16.5. The molecule has 4 nitrogen and oxygen atoms in total. The summed E-state index contributed by atoms with van der Waals surface area (Å²) >= 11 is 0. The van der Waals surface area contributed by atoms with Crippen LogP contribution in [-0.2, 0) is 0 Å². The predicted molar refractivity (Wildman–Crippen MR) is 79.8 cm³/mol. The number of nitriles is 1.